The van der Waals surface area contributed by atoms with Gasteiger partial charge in [-0.15, -0.1) is 0 Å². The Morgan fingerprint density at radius 3 is 2.44 bits per heavy atom. The third-order valence-electron chi connectivity index (χ3n) is 5.04. The van der Waals surface area contributed by atoms with E-state index in [9.17, 15) is 0 Å². The molecule has 1 aliphatic carbocycles. The van der Waals surface area contributed by atoms with Crippen molar-refractivity contribution in [2.24, 2.45) is 29.5 Å². The van der Waals surface area contributed by atoms with Crippen molar-refractivity contribution in [3.63, 3.8) is 0 Å². The Hall–Kier alpha value is -0.120. The van der Waals surface area contributed by atoms with Gasteiger partial charge in [0.25, 0.3) is 0 Å². The smallest absolute Gasteiger partial charge is 0.0617 e. The highest BCUT2D eigenvalue weighted by molar-refractivity contribution is 4.91. The van der Waals surface area contributed by atoms with Crippen LogP contribution in [0, 0.1) is 23.7 Å². The van der Waals surface area contributed by atoms with E-state index in [0.717, 1.165) is 30.8 Å². The summed E-state index contributed by atoms with van der Waals surface area (Å²) in [6.07, 6.45) is 6.73. The van der Waals surface area contributed by atoms with Crippen LogP contribution in [0.4, 0.5) is 0 Å². The summed E-state index contributed by atoms with van der Waals surface area (Å²) in [6.45, 7) is 7.92. The molecule has 3 nitrogen and oxygen atoms in total. The van der Waals surface area contributed by atoms with E-state index in [1.807, 2.05) is 0 Å². The molecule has 2 fully saturated rings. The van der Waals surface area contributed by atoms with E-state index in [4.69, 9.17) is 10.6 Å². The van der Waals surface area contributed by atoms with Crippen LogP contribution in [-0.4, -0.2) is 18.8 Å². The molecule has 0 aromatic heterocycles. The Morgan fingerprint density at radius 1 is 1.22 bits per heavy atom. The maximum atomic E-state index is 5.89. The lowest BCUT2D eigenvalue weighted by Crippen LogP contribution is -2.50. The minimum atomic E-state index is 0.415. The number of hydrogen-bond donors (Lipinski definition) is 2. The lowest BCUT2D eigenvalue weighted by Gasteiger charge is -2.39. The summed E-state index contributed by atoms with van der Waals surface area (Å²) >= 11 is 0. The van der Waals surface area contributed by atoms with Crippen LogP contribution in [0.3, 0.4) is 0 Å². The summed E-state index contributed by atoms with van der Waals surface area (Å²) in [6, 6.07) is 0.447. The van der Waals surface area contributed by atoms with E-state index in [0.29, 0.717) is 18.1 Å². The summed E-state index contributed by atoms with van der Waals surface area (Å²) in [5.74, 6) is 8.92. The number of ether oxygens (including phenoxy) is 1. The summed E-state index contributed by atoms with van der Waals surface area (Å²) in [5, 5.41) is 0. The molecule has 5 unspecified atom stereocenters. The zero-order valence-electron chi connectivity index (χ0n) is 12.2. The molecule has 0 radical (unpaired) electrons. The van der Waals surface area contributed by atoms with Gasteiger partial charge in [-0.25, -0.2) is 0 Å². The van der Waals surface area contributed by atoms with Crippen LogP contribution in [0.15, 0.2) is 0 Å². The molecule has 18 heavy (non-hydrogen) atoms. The van der Waals surface area contributed by atoms with E-state index in [1.165, 1.54) is 25.7 Å². The van der Waals surface area contributed by atoms with Crippen molar-refractivity contribution in [2.45, 2.75) is 65.0 Å². The number of hydrogen-bond acceptors (Lipinski definition) is 3. The summed E-state index contributed by atoms with van der Waals surface area (Å²) in [5.41, 5.74) is 3.14. The predicted octanol–water partition coefficient (Wildman–Crippen LogP) is 2.71. The average molecular weight is 254 g/mol. The molecule has 1 saturated carbocycles. The number of hydrazine groups is 1. The first kappa shape index (κ1) is 14.3. The second-order valence-electron chi connectivity index (χ2n) is 6.64. The van der Waals surface area contributed by atoms with Crippen LogP contribution >= 0.6 is 0 Å². The van der Waals surface area contributed by atoms with Gasteiger partial charge in [0, 0.05) is 18.6 Å². The Kier molecular flexibility index (Phi) is 5.05. The van der Waals surface area contributed by atoms with Crippen molar-refractivity contribution in [2.75, 3.05) is 6.61 Å². The van der Waals surface area contributed by atoms with Crippen molar-refractivity contribution in [3.8, 4) is 0 Å². The molecule has 106 valence electrons. The highest BCUT2D eigenvalue weighted by atomic mass is 16.5. The first-order valence-corrected chi connectivity index (χ1v) is 7.73. The molecule has 0 bridgehead atoms. The molecule has 0 spiro atoms. The van der Waals surface area contributed by atoms with Gasteiger partial charge >= 0.3 is 0 Å². The molecule has 1 heterocycles. The SMILES string of the molecule is CCC1OCCC1C(NN)C1CC(C)CC(C)C1. The first-order valence-electron chi connectivity index (χ1n) is 7.73. The highest BCUT2D eigenvalue weighted by Gasteiger charge is 2.39. The van der Waals surface area contributed by atoms with Crippen molar-refractivity contribution in [1.82, 2.24) is 5.43 Å². The highest BCUT2D eigenvalue weighted by Crippen LogP contribution is 2.39. The van der Waals surface area contributed by atoms with Crippen molar-refractivity contribution < 1.29 is 4.74 Å². The molecule has 1 aliphatic heterocycles. The fourth-order valence-corrected chi connectivity index (χ4v) is 4.41. The zero-order chi connectivity index (χ0) is 13.1. The van der Waals surface area contributed by atoms with Crippen LogP contribution in [-0.2, 0) is 4.74 Å². The molecule has 5 atom stereocenters. The van der Waals surface area contributed by atoms with Crippen LogP contribution in [0.25, 0.3) is 0 Å². The zero-order valence-corrected chi connectivity index (χ0v) is 12.2. The maximum Gasteiger partial charge on any atom is 0.0617 e. The molecule has 0 aromatic rings. The van der Waals surface area contributed by atoms with E-state index in [-0.39, 0.29) is 0 Å². The standard InChI is InChI=1S/C15H30N2O/c1-4-14-13(5-6-18-14)15(17-16)12-8-10(2)7-11(3)9-12/h10-15,17H,4-9,16H2,1-3H3. The fraction of sp³-hybridized carbons (Fsp3) is 1.00. The Bertz CT molecular complexity index is 249. The van der Waals surface area contributed by atoms with E-state index < -0.39 is 0 Å². The third kappa shape index (κ3) is 3.06. The molecule has 3 N–H and O–H groups in total. The van der Waals surface area contributed by atoms with Crippen LogP contribution in [0.5, 0.6) is 0 Å². The Balaban J connectivity index is 2.03. The molecule has 2 rings (SSSR count). The van der Waals surface area contributed by atoms with Gasteiger partial charge in [0.05, 0.1) is 6.10 Å². The van der Waals surface area contributed by atoms with Gasteiger partial charge in [0.1, 0.15) is 0 Å². The molecule has 1 saturated heterocycles. The van der Waals surface area contributed by atoms with Crippen LogP contribution in [0.1, 0.15) is 52.9 Å². The van der Waals surface area contributed by atoms with Gasteiger partial charge < -0.3 is 4.74 Å². The number of nitrogens with two attached hydrogens (primary N) is 1. The molecule has 0 aromatic carbocycles. The fourth-order valence-electron chi connectivity index (χ4n) is 4.41. The lowest BCUT2D eigenvalue weighted by atomic mass is 9.70. The monoisotopic (exact) mass is 254 g/mol. The van der Waals surface area contributed by atoms with E-state index >= 15 is 0 Å². The Morgan fingerprint density at radius 2 is 1.89 bits per heavy atom. The lowest BCUT2D eigenvalue weighted by molar-refractivity contribution is 0.0573. The number of rotatable bonds is 4. The second-order valence-corrected chi connectivity index (χ2v) is 6.64. The van der Waals surface area contributed by atoms with Crippen molar-refractivity contribution >= 4 is 0 Å². The van der Waals surface area contributed by atoms with Gasteiger partial charge in [-0.1, -0.05) is 20.8 Å². The largest absolute Gasteiger partial charge is 0.378 e. The Labute approximate surface area is 112 Å². The van der Waals surface area contributed by atoms with Crippen LogP contribution < -0.4 is 11.3 Å². The predicted molar refractivity (Wildman–Crippen MR) is 74.9 cm³/mol. The first-order chi connectivity index (χ1) is 8.65. The minimum absolute atomic E-state index is 0.415. The van der Waals surface area contributed by atoms with Gasteiger partial charge in [0.15, 0.2) is 0 Å². The molecule has 3 heteroatoms. The van der Waals surface area contributed by atoms with Gasteiger partial charge in [-0.3, -0.25) is 11.3 Å². The molecular weight excluding hydrogens is 224 g/mol. The quantitative estimate of drug-likeness (QED) is 0.599. The average Bonchev–Trinajstić information content (AvgIpc) is 2.77. The van der Waals surface area contributed by atoms with Crippen molar-refractivity contribution in [3.05, 3.63) is 0 Å². The number of nitrogens with one attached hydrogen (secondary N) is 1. The van der Waals surface area contributed by atoms with Gasteiger partial charge in [-0.05, 0) is 49.9 Å². The van der Waals surface area contributed by atoms with E-state index in [1.54, 1.807) is 0 Å². The van der Waals surface area contributed by atoms with Crippen LogP contribution in [0.2, 0.25) is 0 Å². The normalized spacial score (nSPS) is 43.0. The third-order valence-corrected chi connectivity index (χ3v) is 5.04. The van der Waals surface area contributed by atoms with E-state index in [2.05, 4.69) is 26.2 Å². The van der Waals surface area contributed by atoms with Gasteiger partial charge in [-0.2, -0.15) is 0 Å². The minimum Gasteiger partial charge on any atom is -0.378 e. The second kappa shape index (κ2) is 6.36. The molecular formula is C15H30N2O. The summed E-state index contributed by atoms with van der Waals surface area (Å²) in [4.78, 5) is 0. The summed E-state index contributed by atoms with van der Waals surface area (Å²) in [7, 11) is 0. The summed E-state index contributed by atoms with van der Waals surface area (Å²) < 4.78 is 5.85. The van der Waals surface area contributed by atoms with Gasteiger partial charge in [0.2, 0.25) is 0 Å². The van der Waals surface area contributed by atoms with Crippen molar-refractivity contribution in [1.29, 1.82) is 0 Å². The molecule has 0 amide bonds. The molecule has 2 aliphatic rings. The maximum absolute atomic E-state index is 5.89. The topological polar surface area (TPSA) is 47.3 Å².